The Morgan fingerprint density at radius 2 is 0.698 bits per heavy atom. The van der Waals surface area contributed by atoms with Crippen LogP contribution in [0.4, 0.5) is 0 Å². The van der Waals surface area contributed by atoms with Gasteiger partial charge in [-0.1, -0.05) is 55.4 Å². The number of aliphatic hydroxyl groups excluding tert-OH is 10. The molecule has 8 unspecified atom stereocenters. The molecule has 0 aromatic rings. The highest BCUT2D eigenvalue weighted by Crippen LogP contribution is 2.50. The van der Waals surface area contributed by atoms with E-state index in [1.54, 1.807) is 20.8 Å². The average Bonchev–Trinajstić information content (AvgIpc) is 1.23. The lowest BCUT2D eigenvalue weighted by Gasteiger charge is -2.40. The number of phosphoric ester groups is 2. The predicted molar refractivity (Wildman–Crippen MR) is 378 cm³/mol. The molecular formula is C70H127N3O31P2. The van der Waals surface area contributed by atoms with Gasteiger partial charge in [0.25, 0.3) is 0 Å². The Morgan fingerprint density at radius 1 is 0.425 bits per heavy atom. The van der Waals surface area contributed by atoms with Gasteiger partial charge in [-0.3, -0.25) is 46.9 Å². The molecule has 12 N–H and O–H groups in total. The van der Waals surface area contributed by atoms with Gasteiger partial charge in [-0.15, -0.1) is 0 Å². The van der Waals surface area contributed by atoms with Gasteiger partial charge >= 0.3 is 15.6 Å². The van der Waals surface area contributed by atoms with Gasteiger partial charge < -0.3 is 109 Å². The predicted octanol–water partition coefficient (Wildman–Crippen LogP) is 2.49. The lowest BCUT2D eigenvalue weighted by molar-refractivity contribution is -0.282. The summed E-state index contributed by atoms with van der Waals surface area (Å²) in [4.78, 5) is 106. The topological polar surface area (TPSA) is 491 Å². The first-order valence-corrected chi connectivity index (χ1v) is 40.9. The molecule has 6 fully saturated rings. The highest BCUT2D eigenvalue weighted by Gasteiger charge is 2.48. The molecule has 0 bridgehead atoms. The van der Waals surface area contributed by atoms with Crippen molar-refractivity contribution in [1.29, 1.82) is 0 Å². The van der Waals surface area contributed by atoms with Crippen LogP contribution in [0, 0.1) is 23.7 Å². The molecule has 0 aliphatic carbocycles. The first-order chi connectivity index (χ1) is 50.2. The number of Topliss-reactive ketones (excluding diaryl/α,β-unsaturated/α-hetero) is 3. The van der Waals surface area contributed by atoms with Crippen molar-refractivity contribution in [2.75, 3.05) is 86.2 Å². The van der Waals surface area contributed by atoms with Gasteiger partial charge in [0.05, 0.1) is 114 Å². The van der Waals surface area contributed by atoms with Gasteiger partial charge in [0.1, 0.15) is 54.0 Å². The summed E-state index contributed by atoms with van der Waals surface area (Å²) in [6, 6.07) is -2.43. The number of amides is 3. The maximum absolute atomic E-state index is 14.0. The third-order valence-corrected chi connectivity index (χ3v) is 21.5. The van der Waals surface area contributed by atoms with E-state index in [2.05, 4.69) is 20.8 Å². The molecule has 0 aromatic heterocycles. The van der Waals surface area contributed by atoms with Crippen LogP contribution >= 0.6 is 15.6 Å². The van der Waals surface area contributed by atoms with E-state index in [0.717, 1.165) is 5.92 Å². The number of carbonyl (C=O) groups is 6. The summed E-state index contributed by atoms with van der Waals surface area (Å²) in [7, 11) is -8.54. The van der Waals surface area contributed by atoms with Gasteiger partial charge in [0.15, 0.2) is 18.9 Å². The Kier molecular flexibility index (Phi) is 43.9. The second-order valence-electron chi connectivity index (χ2n) is 29.0. The number of rotatable bonds is 45. The van der Waals surface area contributed by atoms with Crippen molar-refractivity contribution in [2.24, 2.45) is 23.7 Å². The fraction of sp³-hybridized carbons (Fsp3) is 0.914. The van der Waals surface area contributed by atoms with E-state index in [4.69, 9.17) is 51.3 Å². The zero-order chi connectivity index (χ0) is 79.0. The van der Waals surface area contributed by atoms with Crippen LogP contribution in [-0.4, -0.2) is 307 Å². The summed E-state index contributed by atoms with van der Waals surface area (Å²) >= 11 is 0. The first-order valence-electron chi connectivity index (χ1n) is 37.9. The molecule has 0 aromatic carbocycles. The van der Waals surface area contributed by atoms with Crippen LogP contribution in [0.2, 0.25) is 0 Å². The van der Waals surface area contributed by atoms with Crippen molar-refractivity contribution >= 4 is 50.7 Å². The molecule has 6 aliphatic rings. The third-order valence-electron chi connectivity index (χ3n) is 19.4. The Bertz CT molecular complexity index is 2680. The van der Waals surface area contributed by atoms with Crippen molar-refractivity contribution in [3.63, 3.8) is 0 Å². The molecule has 106 heavy (non-hydrogen) atoms. The molecule has 36 heteroatoms. The number of ether oxygens (including phenoxy) is 7. The highest BCUT2D eigenvalue weighted by atomic mass is 31.2. The number of hydrogen-bond acceptors (Lipinski definition) is 29. The smallest absolute Gasteiger partial charge is 0.394 e. The molecule has 0 saturated carbocycles. The zero-order valence-electron chi connectivity index (χ0n) is 63.4. The second kappa shape index (κ2) is 48.8. The summed E-state index contributed by atoms with van der Waals surface area (Å²) in [6.45, 7) is 12.6. The fourth-order valence-electron chi connectivity index (χ4n) is 13.4. The molecule has 23 atom stereocenters. The minimum atomic E-state index is -5.00. The van der Waals surface area contributed by atoms with Crippen LogP contribution in [0.5, 0.6) is 0 Å². The molecule has 6 heterocycles. The van der Waals surface area contributed by atoms with E-state index in [9.17, 15) is 98.7 Å². The van der Waals surface area contributed by atoms with Crippen molar-refractivity contribution < 1.29 is 150 Å². The molecule has 6 saturated heterocycles. The molecular weight excluding hydrogens is 1440 g/mol. The number of phosphoric acid groups is 2. The molecule has 6 rings (SSSR count). The Labute approximate surface area is 623 Å². The number of hydrogen-bond donors (Lipinski definition) is 12. The normalized spacial score (nSPS) is 32.2. The Morgan fingerprint density at radius 3 is 1.00 bits per heavy atom. The summed E-state index contributed by atoms with van der Waals surface area (Å²) < 4.78 is 88.7. The first kappa shape index (κ1) is 95.3. The zero-order valence-corrected chi connectivity index (χ0v) is 65.2. The van der Waals surface area contributed by atoms with Crippen molar-refractivity contribution in [3.8, 4) is 0 Å². The molecule has 0 spiro atoms. The average molecular weight is 1570 g/mol. The van der Waals surface area contributed by atoms with Crippen LogP contribution < -0.4 is 0 Å². The summed E-state index contributed by atoms with van der Waals surface area (Å²) in [5.74, 6) is -2.41. The summed E-state index contributed by atoms with van der Waals surface area (Å²) in [5.41, 5.74) is 0. The van der Waals surface area contributed by atoms with Crippen LogP contribution in [0.15, 0.2) is 0 Å². The Balaban J connectivity index is 0.00000382. The van der Waals surface area contributed by atoms with Gasteiger partial charge in [0.2, 0.25) is 17.7 Å². The maximum Gasteiger partial charge on any atom is 0.472 e. The standard InChI is InChI=1S/C64H111N3O31P2.C4H10.C2H6/c1-38-56(78)59(81)50(32-68)94-62(38)89-23-11-17-44(71)14-5-8-20-53(75)65-29-47(74)26-41(65)36-92-99(84,85)98-49-28-43(67(31-49)55(77)22-10-7-16-46(73)19-13-25-91-64-40(3)58(80)61(83)52(34-70)96-64)37-93-100(86,87)97-48-27-42(35-88-4)66(30-48)54(76)21-9-6-15-45(72)18-12-24-90-63-39(2)57(79)60(82)51(33-69)95-63;1-4(2)3;1-2/h38-43,47-52,56-64,68-70,74,78-83H,5-37H2,1-4H3,(H,84,85)(H,86,87);4H,1-3H3;1-2H3/t38?,39?,40?,41-,42-,43-,47+,48+,49+,50?,51?,52?,56+,57+,58+,59-,60-,61-,62+,63+,64+;;/m0../s1. The molecule has 6 aliphatic heterocycles. The van der Waals surface area contributed by atoms with Crippen LogP contribution in [0.1, 0.15) is 190 Å². The Hall–Kier alpha value is -3.04. The number of nitrogens with zero attached hydrogens (tertiary/aromatic N) is 3. The van der Waals surface area contributed by atoms with E-state index in [1.807, 2.05) is 13.8 Å². The van der Waals surface area contributed by atoms with Crippen molar-refractivity contribution in [3.05, 3.63) is 0 Å². The summed E-state index contributed by atoms with van der Waals surface area (Å²) in [5, 5.41) is 100. The van der Waals surface area contributed by atoms with Crippen molar-refractivity contribution in [2.45, 2.75) is 300 Å². The monoisotopic (exact) mass is 1570 g/mol. The van der Waals surface area contributed by atoms with E-state index in [1.165, 1.54) is 21.8 Å². The fourth-order valence-corrected chi connectivity index (χ4v) is 15.3. The lowest BCUT2D eigenvalue weighted by atomic mass is 9.92. The number of ketones is 3. The van der Waals surface area contributed by atoms with Gasteiger partial charge in [0, 0.05) is 102 Å². The number of unbranched alkanes of at least 4 members (excludes halogenated alkanes) is 3. The van der Waals surface area contributed by atoms with E-state index in [0.29, 0.717) is 44.9 Å². The lowest BCUT2D eigenvalue weighted by Crippen LogP contribution is -2.55. The highest BCUT2D eigenvalue weighted by molar-refractivity contribution is 7.47. The van der Waals surface area contributed by atoms with Crippen LogP contribution in [-0.2, 0) is 89.2 Å². The van der Waals surface area contributed by atoms with Gasteiger partial charge in [-0.25, -0.2) is 9.13 Å². The van der Waals surface area contributed by atoms with Crippen LogP contribution in [0.3, 0.4) is 0 Å². The minimum absolute atomic E-state index is 0.00411. The molecule has 3 amide bonds. The SMILES string of the molecule is CC.CC(C)C.COC[C@@H]1C[C@@H](OP(=O)(O)OC[C@@H]2C[C@@H](OP(=O)(O)OC[C@@H]3C[C@@H](O)CN3C(=O)CCCCC(=O)CCCO[C@@H]3OC(CO)[C@H](O)[C@H](O)C3C)CN2C(=O)CCCCC(=O)CCCO[C@@H]2OC(CO)[C@H](O)[C@H](O)C2C)CN1C(=O)CCCCC(=O)CCCO[C@@H]1OC(CO)[C@H](O)[C@H](O)C1C. The van der Waals surface area contributed by atoms with E-state index in [-0.39, 0.29) is 165 Å². The number of aliphatic hydroxyl groups is 10. The van der Waals surface area contributed by atoms with E-state index >= 15 is 0 Å². The van der Waals surface area contributed by atoms with E-state index < -0.39 is 183 Å². The molecule has 0 radical (unpaired) electrons. The third kappa shape index (κ3) is 31.9. The quantitative estimate of drug-likeness (QED) is 0.0308. The number of methoxy groups -OCH3 is 1. The molecule has 34 nitrogen and oxygen atoms in total. The number of carbonyl (C=O) groups excluding carboxylic acids is 6. The minimum Gasteiger partial charge on any atom is -0.394 e. The summed E-state index contributed by atoms with van der Waals surface area (Å²) in [6.07, 6.45) is -12.6. The molecule has 618 valence electrons. The second-order valence-corrected chi connectivity index (χ2v) is 31.8. The largest absolute Gasteiger partial charge is 0.472 e. The number of β-amino-alcohol motifs (C(OH)–C–C–N with tert-alkyl or cyclic N) is 1. The van der Waals surface area contributed by atoms with Gasteiger partial charge in [-0.05, 0) is 83.0 Å². The van der Waals surface area contributed by atoms with Crippen LogP contribution in [0.25, 0.3) is 0 Å². The van der Waals surface area contributed by atoms with Gasteiger partial charge in [-0.2, -0.15) is 0 Å². The number of likely N-dealkylation sites (tertiary alicyclic amines) is 3. The maximum atomic E-state index is 14.0. The van der Waals surface area contributed by atoms with Crippen molar-refractivity contribution in [1.82, 2.24) is 14.7 Å².